The molecule has 0 spiro atoms. The van der Waals surface area contributed by atoms with Gasteiger partial charge in [0, 0.05) is 24.8 Å². The SMILES string of the molecule is ClCCCCCNCc1ccncc1Cl. The van der Waals surface area contributed by atoms with Crippen molar-refractivity contribution in [1.82, 2.24) is 10.3 Å². The second kappa shape index (κ2) is 7.91. The van der Waals surface area contributed by atoms with Crippen LogP contribution < -0.4 is 5.32 Å². The zero-order chi connectivity index (χ0) is 10.9. The molecular formula is C11H16Cl2N2. The van der Waals surface area contributed by atoms with Crippen molar-refractivity contribution in [1.29, 1.82) is 0 Å². The van der Waals surface area contributed by atoms with Gasteiger partial charge in [0.05, 0.1) is 5.02 Å². The summed E-state index contributed by atoms with van der Waals surface area (Å²) < 4.78 is 0. The number of aromatic nitrogens is 1. The van der Waals surface area contributed by atoms with Crippen molar-refractivity contribution in [3.8, 4) is 0 Å². The predicted molar refractivity (Wildman–Crippen MR) is 65.5 cm³/mol. The van der Waals surface area contributed by atoms with E-state index in [0.29, 0.717) is 0 Å². The molecule has 1 N–H and O–H groups in total. The molecule has 0 aliphatic carbocycles. The van der Waals surface area contributed by atoms with Crippen molar-refractivity contribution < 1.29 is 0 Å². The highest BCUT2D eigenvalue weighted by Crippen LogP contribution is 2.12. The third kappa shape index (κ3) is 5.36. The molecule has 1 rings (SSSR count). The highest BCUT2D eigenvalue weighted by molar-refractivity contribution is 6.31. The number of nitrogens with zero attached hydrogens (tertiary/aromatic N) is 1. The van der Waals surface area contributed by atoms with Crippen LogP contribution in [0.2, 0.25) is 5.02 Å². The Morgan fingerprint density at radius 2 is 2.13 bits per heavy atom. The van der Waals surface area contributed by atoms with E-state index in [0.717, 1.165) is 42.4 Å². The van der Waals surface area contributed by atoms with E-state index < -0.39 is 0 Å². The summed E-state index contributed by atoms with van der Waals surface area (Å²) in [5.41, 5.74) is 1.10. The van der Waals surface area contributed by atoms with Crippen LogP contribution in [0.3, 0.4) is 0 Å². The number of pyridine rings is 1. The number of hydrogen-bond acceptors (Lipinski definition) is 2. The Morgan fingerprint density at radius 1 is 1.27 bits per heavy atom. The fourth-order valence-corrected chi connectivity index (χ4v) is 1.67. The van der Waals surface area contributed by atoms with Gasteiger partial charge in [-0.1, -0.05) is 18.0 Å². The van der Waals surface area contributed by atoms with E-state index >= 15 is 0 Å². The molecule has 0 aromatic carbocycles. The Morgan fingerprint density at radius 3 is 2.87 bits per heavy atom. The molecular weight excluding hydrogens is 231 g/mol. The van der Waals surface area contributed by atoms with Crippen LogP contribution in [0.1, 0.15) is 24.8 Å². The summed E-state index contributed by atoms with van der Waals surface area (Å²) in [4.78, 5) is 3.94. The summed E-state index contributed by atoms with van der Waals surface area (Å²) in [5, 5.41) is 4.07. The summed E-state index contributed by atoms with van der Waals surface area (Å²) >= 11 is 11.6. The van der Waals surface area contributed by atoms with E-state index in [1.807, 2.05) is 6.07 Å². The van der Waals surface area contributed by atoms with Gasteiger partial charge in [0.15, 0.2) is 0 Å². The van der Waals surface area contributed by atoms with Crippen molar-refractivity contribution in [2.45, 2.75) is 25.8 Å². The first-order valence-corrected chi connectivity index (χ1v) is 6.11. The molecule has 4 heteroatoms. The smallest absolute Gasteiger partial charge is 0.0634 e. The quantitative estimate of drug-likeness (QED) is 0.591. The number of halogens is 2. The van der Waals surface area contributed by atoms with Crippen LogP contribution in [0.4, 0.5) is 0 Å². The van der Waals surface area contributed by atoms with Crippen LogP contribution in [0.15, 0.2) is 18.5 Å². The second-order valence-corrected chi connectivity index (χ2v) is 4.18. The molecule has 0 radical (unpaired) electrons. The van der Waals surface area contributed by atoms with Gasteiger partial charge >= 0.3 is 0 Å². The fourth-order valence-electron chi connectivity index (χ4n) is 1.29. The normalized spacial score (nSPS) is 10.5. The van der Waals surface area contributed by atoms with Crippen molar-refractivity contribution >= 4 is 23.2 Å². The lowest BCUT2D eigenvalue weighted by molar-refractivity contribution is 0.618. The second-order valence-electron chi connectivity index (χ2n) is 3.39. The molecule has 2 nitrogen and oxygen atoms in total. The van der Waals surface area contributed by atoms with Gasteiger partial charge in [0.25, 0.3) is 0 Å². The minimum Gasteiger partial charge on any atom is -0.313 e. The third-order valence-electron chi connectivity index (χ3n) is 2.16. The van der Waals surface area contributed by atoms with Crippen LogP contribution in [-0.4, -0.2) is 17.4 Å². The molecule has 0 saturated carbocycles. The number of nitrogens with one attached hydrogen (secondary N) is 1. The van der Waals surface area contributed by atoms with Crippen LogP contribution in [0.25, 0.3) is 0 Å². The first-order chi connectivity index (χ1) is 7.34. The summed E-state index contributed by atoms with van der Waals surface area (Å²) in [6, 6.07) is 1.94. The number of alkyl halides is 1. The minimum absolute atomic E-state index is 0.728. The molecule has 0 aliphatic rings. The van der Waals surface area contributed by atoms with E-state index in [2.05, 4.69) is 10.3 Å². The van der Waals surface area contributed by atoms with Gasteiger partial charge in [-0.3, -0.25) is 4.98 Å². The lowest BCUT2D eigenvalue weighted by atomic mass is 10.2. The number of unbranched alkanes of at least 4 members (excludes halogenated alkanes) is 2. The summed E-state index contributed by atoms with van der Waals surface area (Å²) in [6.07, 6.45) is 6.87. The van der Waals surface area contributed by atoms with Gasteiger partial charge in [0.1, 0.15) is 0 Å². The fraction of sp³-hybridized carbons (Fsp3) is 0.545. The van der Waals surface area contributed by atoms with E-state index in [9.17, 15) is 0 Å². The molecule has 0 fully saturated rings. The largest absolute Gasteiger partial charge is 0.313 e. The van der Waals surface area contributed by atoms with Gasteiger partial charge in [-0.15, -0.1) is 11.6 Å². The lowest BCUT2D eigenvalue weighted by Crippen LogP contribution is -2.14. The average Bonchev–Trinajstić information content (AvgIpc) is 2.25. The number of rotatable bonds is 7. The molecule has 1 aromatic rings. The van der Waals surface area contributed by atoms with Crippen LogP contribution in [-0.2, 0) is 6.54 Å². The van der Waals surface area contributed by atoms with Gasteiger partial charge in [-0.05, 0) is 31.0 Å². The Labute approximate surface area is 101 Å². The molecule has 0 unspecified atom stereocenters. The monoisotopic (exact) mass is 246 g/mol. The lowest BCUT2D eigenvalue weighted by Gasteiger charge is -2.05. The molecule has 0 saturated heterocycles. The molecule has 1 heterocycles. The van der Waals surface area contributed by atoms with Gasteiger partial charge in [-0.25, -0.2) is 0 Å². The Hall–Kier alpha value is -0.310. The summed E-state index contributed by atoms with van der Waals surface area (Å²) in [5.74, 6) is 0.760. The zero-order valence-corrected chi connectivity index (χ0v) is 10.2. The average molecular weight is 247 g/mol. The third-order valence-corrected chi connectivity index (χ3v) is 2.77. The van der Waals surface area contributed by atoms with E-state index in [1.165, 1.54) is 6.42 Å². The number of hydrogen-bond donors (Lipinski definition) is 1. The maximum absolute atomic E-state index is 5.97. The maximum Gasteiger partial charge on any atom is 0.0634 e. The molecule has 15 heavy (non-hydrogen) atoms. The highest BCUT2D eigenvalue weighted by atomic mass is 35.5. The van der Waals surface area contributed by atoms with Crippen molar-refractivity contribution in [3.63, 3.8) is 0 Å². The maximum atomic E-state index is 5.97. The van der Waals surface area contributed by atoms with Crippen molar-refractivity contribution in [2.75, 3.05) is 12.4 Å². The van der Waals surface area contributed by atoms with Crippen molar-refractivity contribution in [2.24, 2.45) is 0 Å². The van der Waals surface area contributed by atoms with Gasteiger partial charge in [0.2, 0.25) is 0 Å². The Bertz CT molecular complexity index is 279. The standard InChI is InChI=1S/C11H16Cl2N2/c12-5-2-1-3-6-14-8-10-4-7-15-9-11(10)13/h4,7,9,14H,1-3,5-6,8H2. The topological polar surface area (TPSA) is 24.9 Å². The Kier molecular flexibility index (Phi) is 6.73. The highest BCUT2D eigenvalue weighted by Gasteiger charge is 1.97. The minimum atomic E-state index is 0.728. The van der Waals surface area contributed by atoms with E-state index in [-0.39, 0.29) is 0 Å². The Balaban J connectivity index is 2.12. The molecule has 0 aliphatic heterocycles. The van der Waals surface area contributed by atoms with Gasteiger partial charge < -0.3 is 5.32 Å². The van der Waals surface area contributed by atoms with E-state index in [1.54, 1.807) is 12.4 Å². The van der Waals surface area contributed by atoms with Crippen LogP contribution in [0, 0.1) is 0 Å². The molecule has 1 aromatic heterocycles. The van der Waals surface area contributed by atoms with Gasteiger partial charge in [-0.2, -0.15) is 0 Å². The summed E-state index contributed by atoms with van der Waals surface area (Å²) in [7, 11) is 0. The predicted octanol–water partition coefficient (Wildman–Crippen LogP) is 3.23. The first-order valence-electron chi connectivity index (χ1n) is 5.19. The molecule has 0 atom stereocenters. The summed E-state index contributed by atoms with van der Waals surface area (Å²) in [6.45, 7) is 1.82. The molecule has 0 amide bonds. The van der Waals surface area contributed by atoms with Crippen LogP contribution in [0.5, 0.6) is 0 Å². The van der Waals surface area contributed by atoms with E-state index in [4.69, 9.17) is 23.2 Å². The van der Waals surface area contributed by atoms with Crippen molar-refractivity contribution in [3.05, 3.63) is 29.0 Å². The van der Waals surface area contributed by atoms with Crippen LogP contribution >= 0.6 is 23.2 Å². The molecule has 84 valence electrons. The first kappa shape index (κ1) is 12.8. The molecule has 0 bridgehead atoms. The zero-order valence-electron chi connectivity index (χ0n) is 8.68.